The SMILES string of the molecule is C=CCP(O)CCCCC. The van der Waals surface area contributed by atoms with Gasteiger partial charge in [0.1, 0.15) is 0 Å². The van der Waals surface area contributed by atoms with Gasteiger partial charge in [-0.25, -0.2) is 0 Å². The number of rotatable bonds is 6. The summed E-state index contributed by atoms with van der Waals surface area (Å²) >= 11 is 0. The van der Waals surface area contributed by atoms with Gasteiger partial charge in [0, 0.05) is 14.3 Å². The molecule has 0 rings (SSSR count). The van der Waals surface area contributed by atoms with Crippen molar-refractivity contribution in [1.82, 2.24) is 0 Å². The van der Waals surface area contributed by atoms with E-state index in [0.717, 1.165) is 12.3 Å². The highest BCUT2D eigenvalue weighted by molar-refractivity contribution is 7.51. The lowest BCUT2D eigenvalue weighted by Crippen LogP contribution is -1.86. The van der Waals surface area contributed by atoms with E-state index in [1.54, 1.807) is 6.08 Å². The van der Waals surface area contributed by atoms with Crippen molar-refractivity contribution in [2.45, 2.75) is 26.2 Å². The van der Waals surface area contributed by atoms with E-state index in [2.05, 4.69) is 13.5 Å². The van der Waals surface area contributed by atoms with E-state index in [1.165, 1.54) is 19.3 Å². The minimum atomic E-state index is -0.710. The zero-order valence-corrected chi connectivity index (χ0v) is 7.61. The van der Waals surface area contributed by atoms with Gasteiger partial charge in [-0.05, 0) is 12.6 Å². The largest absolute Gasteiger partial charge is 0.374 e. The Bertz CT molecular complexity index is 83.3. The molecule has 0 saturated carbocycles. The van der Waals surface area contributed by atoms with Crippen molar-refractivity contribution in [3.05, 3.63) is 12.7 Å². The lowest BCUT2D eigenvalue weighted by molar-refractivity contribution is 0.619. The average molecular weight is 160 g/mol. The number of unbranched alkanes of at least 4 members (excludes halogenated alkanes) is 2. The summed E-state index contributed by atoms with van der Waals surface area (Å²) in [6, 6.07) is 0. The quantitative estimate of drug-likeness (QED) is 0.360. The Morgan fingerprint density at radius 3 is 2.70 bits per heavy atom. The summed E-state index contributed by atoms with van der Waals surface area (Å²) in [5, 5.41) is 0. The Labute approximate surface area is 65.0 Å². The lowest BCUT2D eigenvalue weighted by atomic mass is 10.3. The minimum absolute atomic E-state index is 0.710. The van der Waals surface area contributed by atoms with Crippen LogP contribution in [0.1, 0.15) is 26.2 Å². The lowest BCUT2D eigenvalue weighted by Gasteiger charge is -2.05. The van der Waals surface area contributed by atoms with Crippen LogP contribution in [0.2, 0.25) is 0 Å². The van der Waals surface area contributed by atoms with Crippen molar-refractivity contribution in [1.29, 1.82) is 0 Å². The molecule has 0 aliphatic heterocycles. The summed E-state index contributed by atoms with van der Waals surface area (Å²) in [5.74, 6) is 0. The van der Waals surface area contributed by atoms with Gasteiger partial charge < -0.3 is 4.89 Å². The third-order valence-corrected chi connectivity index (χ3v) is 2.87. The van der Waals surface area contributed by atoms with E-state index in [9.17, 15) is 4.89 Å². The molecule has 0 amide bonds. The Morgan fingerprint density at radius 1 is 1.50 bits per heavy atom. The Hall–Kier alpha value is 0.130. The van der Waals surface area contributed by atoms with Crippen molar-refractivity contribution in [3.8, 4) is 0 Å². The molecule has 0 heterocycles. The molecule has 0 bridgehead atoms. The Morgan fingerprint density at radius 2 is 2.20 bits per heavy atom. The highest BCUT2D eigenvalue weighted by atomic mass is 31.1. The molecule has 0 aliphatic carbocycles. The van der Waals surface area contributed by atoms with Crippen molar-refractivity contribution in [2.75, 3.05) is 12.3 Å². The summed E-state index contributed by atoms with van der Waals surface area (Å²) in [4.78, 5) is 9.27. The fraction of sp³-hybridized carbons (Fsp3) is 0.750. The molecule has 0 aromatic rings. The van der Waals surface area contributed by atoms with E-state index < -0.39 is 8.15 Å². The van der Waals surface area contributed by atoms with Crippen LogP contribution in [-0.4, -0.2) is 17.2 Å². The molecule has 1 nitrogen and oxygen atoms in total. The Balaban J connectivity index is 3.04. The minimum Gasteiger partial charge on any atom is -0.374 e. The molecule has 1 unspecified atom stereocenters. The Kier molecular flexibility index (Phi) is 7.33. The third-order valence-electron chi connectivity index (χ3n) is 1.36. The molecule has 1 N–H and O–H groups in total. The first-order valence-corrected chi connectivity index (χ1v) is 5.52. The molecule has 0 aromatic carbocycles. The molecule has 10 heavy (non-hydrogen) atoms. The van der Waals surface area contributed by atoms with Crippen LogP contribution in [0.5, 0.6) is 0 Å². The van der Waals surface area contributed by atoms with Crippen molar-refractivity contribution < 1.29 is 4.89 Å². The maximum absolute atomic E-state index is 9.27. The zero-order chi connectivity index (χ0) is 7.82. The van der Waals surface area contributed by atoms with Gasteiger partial charge in [-0.3, -0.25) is 0 Å². The maximum Gasteiger partial charge on any atom is 0.0289 e. The molecule has 0 saturated heterocycles. The molecule has 2 heteroatoms. The molecular weight excluding hydrogens is 143 g/mol. The van der Waals surface area contributed by atoms with Crippen LogP contribution in [0.3, 0.4) is 0 Å². The van der Waals surface area contributed by atoms with Crippen LogP contribution in [-0.2, 0) is 0 Å². The molecule has 0 aromatic heterocycles. The van der Waals surface area contributed by atoms with Crippen LogP contribution in [0, 0.1) is 0 Å². The van der Waals surface area contributed by atoms with Gasteiger partial charge in [0.05, 0.1) is 0 Å². The van der Waals surface area contributed by atoms with Crippen molar-refractivity contribution >= 4 is 8.15 Å². The van der Waals surface area contributed by atoms with E-state index >= 15 is 0 Å². The first-order chi connectivity index (χ1) is 4.81. The van der Waals surface area contributed by atoms with Gasteiger partial charge >= 0.3 is 0 Å². The van der Waals surface area contributed by atoms with Crippen LogP contribution < -0.4 is 0 Å². The van der Waals surface area contributed by atoms with Crippen LogP contribution in [0.15, 0.2) is 12.7 Å². The standard InChI is InChI=1S/C8H17OP/c1-3-5-6-8-10(9)7-4-2/h4,9H,2-3,5-8H2,1H3. The van der Waals surface area contributed by atoms with Crippen LogP contribution >= 0.6 is 8.15 Å². The maximum atomic E-state index is 9.27. The predicted octanol–water partition coefficient (Wildman–Crippen LogP) is 2.75. The summed E-state index contributed by atoms with van der Waals surface area (Å²) in [7, 11) is -0.710. The topological polar surface area (TPSA) is 20.2 Å². The summed E-state index contributed by atoms with van der Waals surface area (Å²) < 4.78 is 0. The summed E-state index contributed by atoms with van der Waals surface area (Å²) in [6.07, 6.45) is 7.26. The third kappa shape index (κ3) is 6.25. The fourth-order valence-electron chi connectivity index (χ4n) is 0.785. The molecule has 0 radical (unpaired) electrons. The van der Waals surface area contributed by atoms with Crippen LogP contribution in [0.4, 0.5) is 0 Å². The van der Waals surface area contributed by atoms with E-state index in [-0.39, 0.29) is 0 Å². The first kappa shape index (κ1) is 10.1. The summed E-state index contributed by atoms with van der Waals surface area (Å²) in [6.45, 7) is 5.76. The predicted molar refractivity (Wildman–Crippen MR) is 48.6 cm³/mol. The average Bonchev–Trinajstić information content (AvgIpc) is 1.89. The normalized spacial score (nSPS) is 13.0. The van der Waals surface area contributed by atoms with Crippen molar-refractivity contribution in [2.24, 2.45) is 0 Å². The zero-order valence-electron chi connectivity index (χ0n) is 6.71. The fourth-order valence-corrected chi connectivity index (χ4v) is 1.85. The monoisotopic (exact) mass is 160 g/mol. The smallest absolute Gasteiger partial charge is 0.0289 e. The van der Waals surface area contributed by atoms with Crippen molar-refractivity contribution in [3.63, 3.8) is 0 Å². The van der Waals surface area contributed by atoms with Gasteiger partial charge in [-0.2, -0.15) is 0 Å². The second-order valence-electron chi connectivity index (χ2n) is 2.41. The number of allylic oxidation sites excluding steroid dienone is 1. The van der Waals surface area contributed by atoms with Gasteiger partial charge in [0.2, 0.25) is 0 Å². The van der Waals surface area contributed by atoms with Crippen LogP contribution in [0.25, 0.3) is 0 Å². The van der Waals surface area contributed by atoms with E-state index in [4.69, 9.17) is 0 Å². The van der Waals surface area contributed by atoms with Gasteiger partial charge in [-0.15, -0.1) is 6.58 Å². The highest BCUT2D eigenvalue weighted by Crippen LogP contribution is 2.30. The second-order valence-corrected chi connectivity index (χ2v) is 4.23. The van der Waals surface area contributed by atoms with E-state index in [1.807, 2.05) is 0 Å². The molecule has 0 aliphatic rings. The molecule has 0 spiro atoms. The molecule has 60 valence electrons. The number of hydrogen-bond donors (Lipinski definition) is 1. The molecule has 0 fully saturated rings. The summed E-state index contributed by atoms with van der Waals surface area (Å²) in [5.41, 5.74) is 0. The van der Waals surface area contributed by atoms with Gasteiger partial charge in [-0.1, -0.05) is 25.8 Å². The molecular formula is C8H17OP. The van der Waals surface area contributed by atoms with E-state index in [0.29, 0.717) is 0 Å². The molecule has 1 atom stereocenters. The van der Waals surface area contributed by atoms with Gasteiger partial charge in [0.25, 0.3) is 0 Å². The second kappa shape index (κ2) is 7.24. The number of hydrogen-bond acceptors (Lipinski definition) is 1. The first-order valence-electron chi connectivity index (χ1n) is 3.86. The van der Waals surface area contributed by atoms with Gasteiger partial charge in [0.15, 0.2) is 0 Å². The highest BCUT2D eigenvalue weighted by Gasteiger charge is 1.98.